The number of ether oxygens (including phenoxy) is 1. The van der Waals surface area contributed by atoms with E-state index in [0.717, 1.165) is 28.1 Å². The van der Waals surface area contributed by atoms with Gasteiger partial charge >= 0.3 is 5.97 Å². The molecule has 0 amide bonds. The molecule has 0 bridgehead atoms. The molecular weight excluding hydrogens is 314 g/mol. The van der Waals surface area contributed by atoms with Gasteiger partial charge in [-0.1, -0.05) is 30.3 Å². The number of nitrogens with zero attached hydrogens (tertiary/aromatic N) is 2. The summed E-state index contributed by atoms with van der Waals surface area (Å²) in [6, 6.07) is 16.2. The van der Waals surface area contributed by atoms with Crippen molar-refractivity contribution < 1.29 is 9.53 Å². The Morgan fingerprint density at radius 3 is 2.60 bits per heavy atom. The minimum atomic E-state index is -0.349. The molecule has 0 atom stereocenters. The normalized spacial score (nSPS) is 10.7. The van der Waals surface area contributed by atoms with Gasteiger partial charge in [-0.3, -0.25) is 0 Å². The van der Waals surface area contributed by atoms with E-state index >= 15 is 0 Å². The van der Waals surface area contributed by atoms with E-state index in [2.05, 4.69) is 17.2 Å². The topological polar surface area (TPSA) is 70.1 Å². The molecule has 0 radical (unpaired) electrons. The van der Waals surface area contributed by atoms with Crippen molar-refractivity contribution in [2.75, 3.05) is 6.61 Å². The fourth-order valence-electron chi connectivity index (χ4n) is 2.77. The molecule has 3 rings (SSSR count). The molecule has 3 aromatic rings. The fraction of sp³-hybridized carbons (Fsp3) is 0.200. The lowest BCUT2D eigenvalue weighted by molar-refractivity contribution is 0.0525. The molecule has 0 saturated carbocycles. The van der Waals surface area contributed by atoms with Crippen LogP contribution in [0, 0.1) is 6.92 Å². The molecule has 5 heteroatoms. The van der Waals surface area contributed by atoms with Crippen LogP contribution in [0.25, 0.3) is 16.8 Å². The van der Waals surface area contributed by atoms with Crippen molar-refractivity contribution in [3.63, 3.8) is 0 Å². The van der Waals surface area contributed by atoms with Crippen LogP contribution in [0.1, 0.15) is 28.5 Å². The maximum Gasteiger partial charge on any atom is 0.341 e. The second kappa shape index (κ2) is 7.32. The summed E-state index contributed by atoms with van der Waals surface area (Å²) in [5, 5.41) is 4.35. The van der Waals surface area contributed by atoms with Gasteiger partial charge in [-0.2, -0.15) is 5.10 Å². The van der Waals surface area contributed by atoms with Gasteiger partial charge in [0.2, 0.25) is 0 Å². The minimum absolute atomic E-state index is 0.344. The van der Waals surface area contributed by atoms with Crippen LogP contribution in [-0.4, -0.2) is 22.4 Å². The highest BCUT2D eigenvalue weighted by molar-refractivity contribution is 5.90. The Hall–Kier alpha value is -2.92. The Balaban J connectivity index is 1.98. The first-order valence-electron chi connectivity index (χ1n) is 8.25. The van der Waals surface area contributed by atoms with Gasteiger partial charge in [0.1, 0.15) is 5.56 Å². The van der Waals surface area contributed by atoms with Crippen LogP contribution in [0.15, 0.2) is 54.7 Å². The van der Waals surface area contributed by atoms with Gasteiger partial charge in [-0.15, -0.1) is 0 Å². The summed E-state index contributed by atoms with van der Waals surface area (Å²) < 4.78 is 6.82. The van der Waals surface area contributed by atoms with Crippen LogP contribution < -0.4 is 5.73 Å². The van der Waals surface area contributed by atoms with Gasteiger partial charge in [0, 0.05) is 6.54 Å². The Kier molecular flexibility index (Phi) is 4.95. The summed E-state index contributed by atoms with van der Waals surface area (Å²) in [5.41, 5.74) is 11.1. The molecule has 0 aliphatic rings. The molecule has 1 aromatic heterocycles. The third-order valence-electron chi connectivity index (χ3n) is 4.09. The smallest absolute Gasteiger partial charge is 0.341 e. The van der Waals surface area contributed by atoms with Gasteiger partial charge in [-0.05, 0) is 48.7 Å². The average Bonchev–Trinajstić information content (AvgIpc) is 3.03. The van der Waals surface area contributed by atoms with Crippen LogP contribution in [0.4, 0.5) is 0 Å². The van der Waals surface area contributed by atoms with E-state index in [9.17, 15) is 4.79 Å². The summed E-state index contributed by atoms with van der Waals surface area (Å²) in [6.45, 7) is 4.50. The van der Waals surface area contributed by atoms with E-state index in [0.29, 0.717) is 18.7 Å². The third-order valence-corrected chi connectivity index (χ3v) is 4.09. The number of aromatic nitrogens is 2. The van der Waals surface area contributed by atoms with Gasteiger partial charge in [0.05, 0.1) is 24.2 Å². The van der Waals surface area contributed by atoms with Crippen molar-refractivity contribution >= 4 is 5.97 Å². The van der Waals surface area contributed by atoms with E-state index in [1.54, 1.807) is 17.8 Å². The summed E-state index contributed by atoms with van der Waals surface area (Å²) in [4.78, 5) is 12.0. The quantitative estimate of drug-likeness (QED) is 0.725. The second-order valence-electron chi connectivity index (χ2n) is 5.73. The molecule has 25 heavy (non-hydrogen) atoms. The number of carbonyl (C=O) groups is 1. The van der Waals surface area contributed by atoms with Crippen LogP contribution in [-0.2, 0) is 11.3 Å². The first kappa shape index (κ1) is 16.9. The molecule has 1 heterocycles. The number of esters is 1. The largest absolute Gasteiger partial charge is 0.462 e. The van der Waals surface area contributed by atoms with Crippen molar-refractivity contribution in [1.29, 1.82) is 0 Å². The average molecular weight is 335 g/mol. The minimum Gasteiger partial charge on any atom is -0.462 e. The van der Waals surface area contributed by atoms with E-state index < -0.39 is 0 Å². The van der Waals surface area contributed by atoms with E-state index in [-0.39, 0.29) is 5.97 Å². The molecule has 0 aliphatic carbocycles. The zero-order chi connectivity index (χ0) is 17.8. The van der Waals surface area contributed by atoms with E-state index in [1.807, 2.05) is 43.3 Å². The molecule has 2 aromatic carbocycles. The predicted octanol–water partition coefficient (Wildman–Crippen LogP) is 3.48. The number of carbonyl (C=O) groups excluding carboxylic acids is 1. The van der Waals surface area contributed by atoms with Crippen LogP contribution >= 0.6 is 0 Å². The van der Waals surface area contributed by atoms with Gasteiger partial charge in [0.15, 0.2) is 0 Å². The lowest BCUT2D eigenvalue weighted by atomic mass is 10.0. The third kappa shape index (κ3) is 3.46. The Labute approximate surface area is 147 Å². The monoisotopic (exact) mass is 335 g/mol. The zero-order valence-corrected chi connectivity index (χ0v) is 14.4. The zero-order valence-electron chi connectivity index (χ0n) is 14.4. The molecule has 0 saturated heterocycles. The first-order valence-corrected chi connectivity index (χ1v) is 8.25. The van der Waals surface area contributed by atoms with Crippen molar-refractivity contribution in [2.24, 2.45) is 5.73 Å². The Morgan fingerprint density at radius 1 is 1.16 bits per heavy atom. The molecule has 0 spiro atoms. The number of nitrogens with two attached hydrogens (primary N) is 1. The van der Waals surface area contributed by atoms with Crippen molar-refractivity contribution in [1.82, 2.24) is 9.78 Å². The Bertz CT molecular complexity index is 899. The number of benzene rings is 2. The highest BCUT2D eigenvalue weighted by Gasteiger charge is 2.16. The number of hydrogen-bond donors (Lipinski definition) is 1. The van der Waals surface area contributed by atoms with E-state index in [1.165, 1.54) is 0 Å². The lowest BCUT2D eigenvalue weighted by Gasteiger charge is -2.09. The molecule has 128 valence electrons. The van der Waals surface area contributed by atoms with Crippen LogP contribution in [0.5, 0.6) is 0 Å². The van der Waals surface area contributed by atoms with E-state index in [4.69, 9.17) is 10.5 Å². The molecular formula is C20H21N3O2. The maximum atomic E-state index is 12.0. The molecule has 0 aliphatic heterocycles. The van der Waals surface area contributed by atoms with Crippen molar-refractivity contribution in [2.45, 2.75) is 20.4 Å². The maximum absolute atomic E-state index is 12.0. The van der Waals surface area contributed by atoms with Gasteiger partial charge in [0.25, 0.3) is 0 Å². The number of hydrogen-bond acceptors (Lipinski definition) is 4. The first-order chi connectivity index (χ1) is 12.1. The van der Waals surface area contributed by atoms with Gasteiger partial charge < -0.3 is 10.5 Å². The summed E-state index contributed by atoms with van der Waals surface area (Å²) in [6.07, 6.45) is 1.55. The number of rotatable bonds is 5. The highest BCUT2D eigenvalue weighted by Crippen LogP contribution is 2.24. The summed E-state index contributed by atoms with van der Waals surface area (Å²) in [5.74, 6) is -0.349. The second-order valence-corrected chi connectivity index (χ2v) is 5.73. The molecule has 0 unspecified atom stereocenters. The fourth-order valence-corrected chi connectivity index (χ4v) is 2.77. The highest BCUT2D eigenvalue weighted by atomic mass is 16.5. The van der Waals surface area contributed by atoms with Crippen LogP contribution in [0.2, 0.25) is 0 Å². The predicted molar refractivity (Wildman–Crippen MR) is 97.6 cm³/mol. The molecule has 5 nitrogen and oxygen atoms in total. The Morgan fingerprint density at radius 2 is 1.88 bits per heavy atom. The lowest BCUT2D eigenvalue weighted by Crippen LogP contribution is -2.07. The molecule has 2 N–H and O–H groups in total. The summed E-state index contributed by atoms with van der Waals surface area (Å²) >= 11 is 0. The van der Waals surface area contributed by atoms with Gasteiger partial charge in [-0.25, -0.2) is 9.48 Å². The van der Waals surface area contributed by atoms with Crippen molar-refractivity contribution in [3.05, 3.63) is 71.5 Å². The van der Waals surface area contributed by atoms with Crippen molar-refractivity contribution in [3.8, 4) is 16.8 Å². The van der Waals surface area contributed by atoms with Crippen LogP contribution in [0.3, 0.4) is 0 Å². The standard InChI is InChI=1S/C20H21N3O2/c1-3-25-20(24)19-13-22-23(14(19)2)18-9-5-8-17(11-18)16-7-4-6-15(10-16)12-21/h4-11,13H,3,12,21H2,1-2H3. The summed E-state index contributed by atoms with van der Waals surface area (Å²) in [7, 11) is 0. The molecule has 0 fully saturated rings. The SMILES string of the molecule is CCOC(=O)c1cnn(-c2cccc(-c3cccc(CN)c3)c2)c1C.